The molecule has 2 aromatic rings. The van der Waals surface area contributed by atoms with Crippen LogP contribution < -0.4 is 5.73 Å². The van der Waals surface area contributed by atoms with Crippen LogP contribution in [0.2, 0.25) is 0 Å². The predicted molar refractivity (Wildman–Crippen MR) is 49.1 cm³/mol. The van der Waals surface area contributed by atoms with Crippen LogP contribution in [0.4, 0.5) is 0 Å². The normalized spacial score (nSPS) is 10.7. The summed E-state index contributed by atoms with van der Waals surface area (Å²) in [7, 11) is 0. The zero-order valence-electron chi connectivity index (χ0n) is 7.84. The van der Waals surface area contributed by atoms with Crippen molar-refractivity contribution in [1.82, 2.24) is 19.9 Å². The molecule has 6 heteroatoms. The molecular formula is C8H11N5O. The van der Waals surface area contributed by atoms with Crippen molar-refractivity contribution >= 4 is 0 Å². The van der Waals surface area contributed by atoms with Gasteiger partial charge in [0.1, 0.15) is 5.69 Å². The van der Waals surface area contributed by atoms with Crippen molar-refractivity contribution in [2.75, 3.05) is 0 Å². The van der Waals surface area contributed by atoms with Crippen molar-refractivity contribution in [3.63, 3.8) is 0 Å². The van der Waals surface area contributed by atoms with Gasteiger partial charge in [-0.3, -0.25) is 4.68 Å². The van der Waals surface area contributed by atoms with Gasteiger partial charge in [0, 0.05) is 12.7 Å². The second-order valence-electron chi connectivity index (χ2n) is 2.75. The van der Waals surface area contributed by atoms with Gasteiger partial charge in [-0.1, -0.05) is 5.16 Å². The van der Waals surface area contributed by atoms with Gasteiger partial charge in [0.2, 0.25) is 11.7 Å². The molecule has 0 atom stereocenters. The van der Waals surface area contributed by atoms with Crippen molar-refractivity contribution in [2.24, 2.45) is 5.73 Å². The summed E-state index contributed by atoms with van der Waals surface area (Å²) in [5, 5.41) is 7.92. The number of aromatic nitrogens is 4. The zero-order chi connectivity index (χ0) is 9.97. The standard InChI is InChI=1S/C8H11N5O/c1-2-13-6(3-4-10-13)8-11-7(5-9)14-12-8/h3-4H,2,5,9H2,1H3. The highest BCUT2D eigenvalue weighted by molar-refractivity contribution is 5.47. The first-order valence-electron chi connectivity index (χ1n) is 4.40. The second kappa shape index (κ2) is 3.59. The molecule has 0 aliphatic carbocycles. The topological polar surface area (TPSA) is 82.8 Å². The average molecular weight is 193 g/mol. The zero-order valence-corrected chi connectivity index (χ0v) is 7.84. The molecule has 0 fully saturated rings. The van der Waals surface area contributed by atoms with E-state index in [1.54, 1.807) is 10.9 Å². The van der Waals surface area contributed by atoms with Crippen LogP contribution in [0.25, 0.3) is 11.5 Å². The number of hydrogen-bond donors (Lipinski definition) is 1. The summed E-state index contributed by atoms with van der Waals surface area (Å²) < 4.78 is 6.71. The molecule has 2 aromatic heterocycles. The fourth-order valence-corrected chi connectivity index (χ4v) is 1.22. The van der Waals surface area contributed by atoms with Gasteiger partial charge in [-0.25, -0.2) is 0 Å². The van der Waals surface area contributed by atoms with E-state index >= 15 is 0 Å². The molecule has 2 rings (SSSR count). The lowest BCUT2D eigenvalue weighted by Crippen LogP contribution is -2.00. The Morgan fingerprint density at radius 1 is 1.57 bits per heavy atom. The van der Waals surface area contributed by atoms with E-state index in [1.807, 2.05) is 13.0 Å². The first kappa shape index (κ1) is 8.89. The quantitative estimate of drug-likeness (QED) is 0.763. The fourth-order valence-electron chi connectivity index (χ4n) is 1.22. The number of nitrogens with zero attached hydrogens (tertiary/aromatic N) is 4. The molecule has 0 saturated heterocycles. The van der Waals surface area contributed by atoms with E-state index < -0.39 is 0 Å². The van der Waals surface area contributed by atoms with Gasteiger partial charge in [-0.2, -0.15) is 10.1 Å². The molecular weight excluding hydrogens is 182 g/mol. The van der Waals surface area contributed by atoms with E-state index in [-0.39, 0.29) is 6.54 Å². The lowest BCUT2D eigenvalue weighted by molar-refractivity contribution is 0.380. The molecule has 6 nitrogen and oxygen atoms in total. The second-order valence-corrected chi connectivity index (χ2v) is 2.75. The van der Waals surface area contributed by atoms with Gasteiger partial charge in [0.05, 0.1) is 6.54 Å². The van der Waals surface area contributed by atoms with Crippen molar-refractivity contribution in [2.45, 2.75) is 20.0 Å². The predicted octanol–water partition coefficient (Wildman–Crippen LogP) is 0.412. The molecule has 0 aliphatic heterocycles. The van der Waals surface area contributed by atoms with E-state index in [9.17, 15) is 0 Å². The lowest BCUT2D eigenvalue weighted by atomic mass is 10.4. The minimum atomic E-state index is 0.257. The average Bonchev–Trinajstić information content (AvgIpc) is 2.85. The third-order valence-electron chi connectivity index (χ3n) is 1.89. The highest BCUT2D eigenvalue weighted by atomic mass is 16.5. The number of nitrogens with two attached hydrogens (primary N) is 1. The van der Waals surface area contributed by atoms with Crippen LogP contribution in [0, 0.1) is 0 Å². The Morgan fingerprint density at radius 3 is 3.07 bits per heavy atom. The van der Waals surface area contributed by atoms with Gasteiger partial charge < -0.3 is 10.3 Å². The SMILES string of the molecule is CCn1nccc1-c1noc(CN)n1. The monoisotopic (exact) mass is 193 g/mol. The first-order valence-corrected chi connectivity index (χ1v) is 4.40. The number of aryl methyl sites for hydroxylation is 1. The maximum atomic E-state index is 5.37. The molecule has 0 radical (unpaired) electrons. The van der Waals surface area contributed by atoms with Gasteiger partial charge in [0.25, 0.3) is 0 Å². The number of rotatable bonds is 3. The van der Waals surface area contributed by atoms with E-state index in [2.05, 4.69) is 15.2 Å². The molecule has 0 bridgehead atoms. The van der Waals surface area contributed by atoms with Gasteiger partial charge in [-0.15, -0.1) is 0 Å². The van der Waals surface area contributed by atoms with Crippen LogP contribution in [-0.2, 0) is 13.1 Å². The lowest BCUT2D eigenvalue weighted by Gasteiger charge is -1.97. The molecule has 2 N–H and O–H groups in total. The first-order chi connectivity index (χ1) is 6.85. The molecule has 0 aromatic carbocycles. The van der Waals surface area contributed by atoms with Crippen LogP contribution in [0.1, 0.15) is 12.8 Å². The Hall–Kier alpha value is -1.69. The van der Waals surface area contributed by atoms with Crippen molar-refractivity contribution in [1.29, 1.82) is 0 Å². The van der Waals surface area contributed by atoms with E-state index in [1.165, 1.54) is 0 Å². The van der Waals surface area contributed by atoms with Crippen molar-refractivity contribution < 1.29 is 4.52 Å². The number of hydrogen-bond acceptors (Lipinski definition) is 5. The molecule has 0 aliphatic rings. The van der Waals surface area contributed by atoms with E-state index in [4.69, 9.17) is 10.3 Å². The summed E-state index contributed by atoms with van der Waals surface area (Å²) in [4.78, 5) is 4.12. The maximum absolute atomic E-state index is 5.37. The maximum Gasteiger partial charge on any atom is 0.240 e. The van der Waals surface area contributed by atoms with Crippen molar-refractivity contribution in [3.05, 3.63) is 18.2 Å². The fraction of sp³-hybridized carbons (Fsp3) is 0.375. The Morgan fingerprint density at radius 2 is 2.43 bits per heavy atom. The summed E-state index contributed by atoms with van der Waals surface area (Å²) in [6, 6.07) is 1.84. The van der Waals surface area contributed by atoms with Crippen molar-refractivity contribution in [3.8, 4) is 11.5 Å². The highest BCUT2D eigenvalue weighted by Gasteiger charge is 2.10. The van der Waals surface area contributed by atoms with Crippen LogP contribution in [0.15, 0.2) is 16.8 Å². The Labute approximate surface area is 80.7 Å². The Kier molecular flexibility index (Phi) is 2.28. The molecule has 0 spiro atoms. The smallest absolute Gasteiger partial charge is 0.240 e. The molecule has 14 heavy (non-hydrogen) atoms. The summed E-state index contributed by atoms with van der Waals surface area (Å²) in [6.45, 7) is 3.03. The van der Waals surface area contributed by atoms with E-state index in [0.717, 1.165) is 12.2 Å². The summed E-state index contributed by atoms with van der Waals surface area (Å²) in [6.07, 6.45) is 1.71. The molecule has 0 unspecified atom stereocenters. The molecule has 74 valence electrons. The molecule has 0 amide bonds. The van der Waals surface area contributed by atoms with Crippen LogP contribution in [-0.4, -0.2) is 19.9 Å². The van der Waals surface area contributed by atoms with E-state index in [0.29, 0.717) is 11.7 Å². The minimum Gasteiger partial charge on any atom is -0.338 e. The Balaban J connectivity index is 2.38. The van der Waals surface area contributed by atoms with Crippen LogP contribution in [0.5, 0.6) is 0 Å². The summed E-state index contributed by atoms with van der Waals surface area (Å²) in [5.74, 6) is 0.966. The Bertz CT molecular complexity index is 419. The van der Waals surface area contributed by atoms with Gasteiger partial charge >= 0.3 is 0 Å². The van der Waals surface area contributed by atoms with Crippen LogP contribution in [0.3, 0.4) is 0 Å². The van der Waals surface area contributed by atoms with Crippen LogP contribution >= 0.6 is 0 Å². The van der Waals surface area contributed by atoms with Gasteiger partial charge in [0.15, 0.2) is 0 Å². The third kappa shape index (κ3) is 1.39. The van der Waals surface area contributed by atoms with Gasteiger partial charge in [-0.05, 0) is 13.0 Å². The highest BCUT2D eigenvalue weighted by Crippen LogP contribution is 2.14. The largest absolute Gasteiger partial charge is 0.338 e. The summed E-state index contributed by atoms with van der Waals surface area (Å²) >= 11 is 0. The third-order valence-corrected chi connectivity index (χ3v) is 1.89. The summed E-state index contributed by atoms with van der Waals surface area (Å²) in [5.41, 5.74) is 6.21. The molecule has 2 heterocycles. The molecule has 0 saturated carbocycles. The minimum absolute atomic E-state index is 0.257.